The van der Waals surface area contributed by atoms with E-state index in [1.807, 2.05) is 48.5 Å². The number of carbonyl (C=O) groups is 1. The van der Waals surface area contributed by atoms with Gasteiger partial charge in [0.1, 0.15) is 11.6 Å². The van der Waals surface area contributed by atoms with E-state index in [9.17, 15) is 9.18 Å². The minimum Gasteiger partial charge on any atom is -0.497 e. The Hall–Kier alpha value is -3.03. The van der Waals surface area contributed by atoms with Crippen molar-refractivity contribution in [2.24, 2.45) is 0 Å². The van der Waals surface area contributed by atoms with E-state index in [2.05, 4.69) is 33.6 Å². The molecule has 0 radical (unpaired) electrons. The maximum absolute atomic E-state index is 14.0. The average molecular weight is 522 g/mol. The lowest BCUT2D eigenvalue weighted by molar-refractivity contribution is -0.121. The minimum absolute atomic E-state index is 0.0613. The molecule has 0 aliphatic carbocycles. The van der Waals surface area contributed by atoms with Gasteiger partial charge in [0.2, 0.25) is 5.91 Å². The van der Waals surface area contributed by atoms with E-state index in [1.54, 1.807) is 31.2 Å². The van der Waals surface area contributed by atoms with Crippen LogP contribution in [0.1, 0.15) is 30.9 Å². The smallest absolute Gasteiger partial charge is 0.224 e. The molecule has 0 spiro atoms. The fourth-order valence-corrected chi connectivity index (χ4v) is 5.72. The highest BCUT2D eigenvalue weighted by molar-refractivity contribution is 7.99. The first-order chi connectivity index (χ1) is 18.0. The summed E-state index contributed by atoms with van der Waals surface area (Å²) in [6.07, 6.45) is 2.23. The summed E-state index contributed by atoms with van der Waals surface area (Å²) in [5.74, 6) is 1.46. The molecule has 0 saturated carbocycles. The van der Waals surface area contributed by atoms with E-state index in [0.717, 1.165) is 55.2 Å². The fraction of sp³-hybridized carbons (Fsp3) is 0.367. The van der Waals surface area contributed by atoms with E-state index >= 15 is 0 Å². The Balaban J connectivity index is 1.28. The number of ether oxygens (including phenoxy) is 1. The van der Waals surface area contributed by atoms with Gasteiger partial charge < -0.3 is 14.4 Å². The Morgan fingerprint density at radius 2 is 1.78 bits per heavy atom. The van der Waals surface area contributed by atoms with Crippen LogP contribution >= 0.6 is 11.9 Å². The van der Waals surface area contributed by atoms with Gasteiger partial charge in [0.05, 0.1) is 13.5 Å². The number of hydrogen-bond acceptors (Lipinski definition) is 5. The monoisotopic (exact) mass is 521 g/mol. The first-order valence-electron chi connectivity index (χ1n) is 12.9. The molecule has 3 aromatic carbocycles. The lowest BCUT2D eigenvalue weighted by Gasteiger charge is -2.38. The van der Waals surface area contributed by atoms with Crippen molar-refractivity contribution in [2.75, 3.05) is 31.0 Å². The molecule has 1 saturated heterocycles. The summed E-state index contributed by atoms with van der Waals surface area (Å²) in [4.78, 5) is 15.0. The molecule has 1 heterocycles. The van der Waals surface area contributed by atoms with Crippen LogP contribution in [-0.2, 0) is 17.0 Å². The standard InChI is InChI=1S/C30H36FN3O2S/c1-23(21-34(28-10-6-9-26(31)20-28)37-22-25-7-4-3-5-8-25)33-17-15-27(16-18-33)32-30(35)19-24-11-13-29(36-2)14-12-24/h3-14,20,23,27H,15-19,21-22H2,1-2H3,(H,32,35)/t23-/m1/s1. The second kappa shape index (κ2) is 13.5. The minimum atomic E-state index is -0.221. The second-order valence-corrected chi connectivity index (χ2v) is 10.5. The van der Waals surface area contributed by atoms with Crippen LogP contribution in [0.3, 0.4) is 0 Å². The van der Waals surface area contributed by atoms with Crippen LogP contribution in [0.15, 0.2) is 78.9 Å². The van der Waals surface area contributed by atoms with Crippen LogP contribution in [-0.4, -0.2) is 49.6 Å². The first-order valence-corrected chi connectivity index (χ1v) is 13.8. The highest BCUT2D eigenvalue weighted by atomic mass is 32.2. The summed E-state index contributed by atoms with van der Waals surface area (Å²) in [6, 6.07) is 25.3. The van der Waals surface area contributed by atoms with Crippen molar-refractivity contribution < 1.29 is 13.9 Å². The number of methoxy groups -OCH3 is 1. The number of rotatable bonds is 11. The van der Waals surface area contributed by atoms with E-state index in [-0.39, 0.29) is 17.8 Å². The molecule has 0 aromatic heterocycles. The number of hydrogen-bond donors (Lipinski definition) is 1. The van der Waals surface area contributed by atoms with Crippen molar-refractivity contribution in [3.05, 3.63) is 95.8 Å². The number of likely N-dealkylation sites (tertiary alicyclic amines) is 1. The molecule has 1 amide bonds. The lowest BCUT2D eigenvalue weighted by atomic mass is 10.0. The Bertz CT molecular complexity index is 1120. The summed E-state index contributed by atoms with van der Waals surface area (Å²) in [7, 11) is 1.64. The van der Waals surface area contributed by atoms with Crippen LogP contribution in [0, 0.1) is 5.82 Å². The zero-order valence-electron chi connectivity index (χ0n) is 21.6. The van der Waals surface area contributed by atoms with Crippen molar-refractivity contribution in [1.29, 1.82) is 0 Å². The molecule has 7 heteroatoms. The molecule has 196 valence electrons. The first kappa shape index (κ1) is 27.0. The van der Waals surface area contributed by atoms with Crippen LogP contribution < -0.4 is 14.4 Å². The third-order valence-electron chi connectivity index (χ3n) is 6.80. The average Bonchev–Trinajstić information content (AvgIpc) is 2.92. The molecule has 0 bridgehead atoms. The van der Waals surface area contributed by atoms with Gasteiger partial charge in [0.15, 0.2) is 0 Å². The number of carbonyl (C=O) groups excluding carboxylic acids is 1. The van der Waals surface area contributed by atoms with Gasteiger partial charge in [-0.05, 0) is 73.2 Å². The van der Waals surface area contributed by atoms with Crippen molar-refractivity contribution in [3.63, 3.8) is 0 Å². The molecule has 37 heavy (non-hydrogen) atoms. The molecule has 4 rings (SSSR count). The molecule has 5 nitrogen and oxygen atoms in total. The van der Waals surface area contributed by atoms with Gasteiger partial charge in [-0.15, -0.1) is 0 Å². The maximum Gasteiger partial charge on any atom is 0.224 e. The molecule has 3 aromatic rings. The van der Waals surface area contributed by atoms with Gasteiger partial charge in [-0.1, -0.05) is 48.5 Å². The number of anilines is 1. The van der Waals surface area contributed by atoms with Crippen LogP contribution in [0.5, 0.6) is 5.75 Å². The highest BCUT2D eigenvalue weighted by Gasteiger charge is 2.25. The topological polar surface area (TPSA) is 44.8 Å². The molecule has 1 aliphatic heterocycles. The number of benzene rings is 3. The summed E-state index contributed by atoms with van der Waals surface area (Å²) in [5.41, 5.74) is 3.11. The maximum atomic E-state index is 14.0. The Labute approximate surface area is 224 Å². The summed E-state index contributed by atoms with van der Waals surface area (Å²) in [6.45, 7) is 4.87. The molecular weight excluding hydrogens is 485 g/mol. The fourth-order valence-electron chi connectivity index (χ4n) is 4.64. The van der Waals surface area contributed by atoms with Gasteiger partial charge in [0, 0.05) is 43.2 Å². The largest absolute Gasteiger partial charge is 0.497 e. The van der Waals surface area contributed by atoms with E-state index in [0.29, 0.717) is 12.5 Å². The number of halogens is 1. The van der Waals surface area contributed by atoms with Gasteiger partial charge in [-0.2, -0.15) is 0 Å². The highest BCUT2D eigenvalue weighted by Crippen LogP contribution is 2.27. The zero-order chi connectivity index (χ0) is 26.0. The quantitative estimate of drug-likeness (QED) is 0.328. The normalized spacial score (nSPS) is 15.2. The van der Waals surface area contributed by atoms with E-state index < -0.39 is 0 Å². The number of piperidine rings is 1. The zero-order valence-corrected chi connectivity index (χ0v) is 22.4. The van der Waals surface area contributed by atoms with Gasteiger partial charge >= 0.3 is 0 Å². The third-order valence-corrected chi connectivity index (χ3v) is 7.93. The second-order valence-electron chi connectivity index (χ2n) is 9.55. The van der Waals surface area contributed by atoms with Crippen molar-refractivity contribution in [1.82, 2.24) is 10.2 Å². The molecule has 1 N–H and O–H groups in total. The molecule has 1 atom stereocenters. The predicted molar refractivity (Wildman–Crippen MR) is 150 cm³/mol. The Morgan fingerprint density at radius 3 is 2.46 bits per heavy atom. The van der Waals surface area contributed by atoms with Crippen molar-refractivity contribution in [2.45, 2.75) is 44.0 Å². The molecule has 1 fully saturated rings. The van der Waals surface area contributed by atoms with Crippen LogP contribution in [0.2, 0.25) is 0 Å². The van der Waals surface area contributed by atoms with Crippen molar-refractivity contribution >= 4 is 23.5 Å². The SMILES string of the molecule is COc1ccc(CC(=O)NC2CCN([C@H](C)CN(SCc3ccccc3)c3cccc(F)c3)CC2)cc1. The number of nitrogens with one attached hydrogen (secondary N) is 1. The molecule has 0 unspecified atom stereocenters. The number of nitrogens with zero attached hydrogens (tertiary/aromatic N) is 2. The predicted octanol–water partition coefficient (Wildman–Crippen LogP) is 5.70. The molecule has 1 aliphatic rings. The van der Waals surface area contributed by atoms with Crippen molar-refractivity contribution in [3.8, 4) is 5.75 Å². The van der Waals surface area contributed by atoms with Crippen LogP contribution in [0.4, 0.5) is 10.1 Å². The van der Waals surface area contributed by atoms with Crippen LogP contribution in [0.25, 0.3) is 0 Å². The Kier molecular flexibility index (Phi) is 9.85. The van der Waals surface area contributed by atoms with Gasteiger partial charge in [-0.3, -0.25) is 9.69 Å². The summed E-state index contributed by atoms with van der Waals surface area (Å²) in [5, 5.41) is 3.21. The third kappa shape index (κ3) is 8.23. The number of amides is 1. The summed E-state index contributed by atoms with van der Waals surface area (Å²) >= 11 is 1.72. The molecular formula is C30H36FN3O2S. The van der Waals surface area contributed by atoms with E-state index in [4.69, 9.17) is 4.74 Å². The lowest BCUT2D eigenvalue weighted by Crippen LogP contribution is -2.49. The Morgan fingerprint density at radius 1 is 1.05 bits per heavy atom. The van der Waals surface area contributed by atoms with E-state index in [1.165, 1.54) is 11.6 Å². The van der Waals surface area contributed by atoms with Gasteiger partial charge in [0.25, 0.3) is 0 Å². The van der Waals surface area contributed by atoms with Gasteiger partial charge in [-0.25, -0.2) is 4.39 Å². The summed E-state index contributed by atoms with van der Waals surface area (Å²) < 4.78 is 21.4.